The van der Waals surface area contributed by atoms with Crippen molar-refractivity contribution < 1.29 is 9.18 Å². The molecule has 0 spiro atoms. The van der Waals surface area contributed by atoms with Crippen molar-refractivity contribution in [2.45, 2.75) is 25.4 Å². The highest BCUT2D eigenvalue weighted by molar-refractivity contribution is 5.91. The van der Waals surface area contributed by atoms with Crippen LogP contribution in [0.5, 0.6) is 0 Å². The maximum Gasteiger partial charge on any atom is 0.322 e. The second-order valence-electron chi connectivity index (χ2n) is 6.57. The third kappa shape index (κ3) is 4.79. The van der Waals surface area contributed by atoms with E-state index in [2.05, 4.69) is 34.9 Å². The summed E-state index contributed by atoms with van der Waals surface area (Å²) in [5, 5.41) is 6.39. The Hall–Kier alpha value is -2.40. The van der Waals surface area contributed by atoms with Gasteiger partial charge in [0.2, 0.25) is 0 Å². The van der Waals surface area contributed by atoms with E-state index in [1.165, 1.54) is 22.6 Å². The number of nitrogens with one attached hydrogen (secondary N) is 2. The highest BCUT2D eigenvalue weighted by Gasteiger charge is 2.24. The van der Waals surface area contributed by atoms with E-state index in [4.69, 9.17) is 0 Å². The van der Waals surface area contributed by atoms with Gasteiger partial charge in [-0.3, -0.25) is 10.2 Å². The zero-order valence-electron chi connectivity index (χ0n) is 14.4. The van der Waals surface area contributed by atoms with Crippen LogP contribution in [0.2, 0.25) is 0 Å². The molecule has 2 amide bonds. The molecule has 2 atom stereocenters. The Balaban J connectivity index is 1.54. The minimum atomic E-state index is -0.310. The molecule has 1 heterocycles. The van der Waals surface area contributed by atoms with Crippen molar-refractivity contribution >= 4 is 11.7 Å². The summed E-state index contributed by atoms with van der Waals surface area (Å²) in [5.74, 6) is 0.236. The van der Waals surface area contributed by atoms with Crippen molar-refractivity contribution in [1.29, 1.82) is 0 Å². The zero-order valence-corrected chi connectivity index (χ0v) is 14.4. The monoisotopic (exact) mass is 341 g/mol. The normalized spacial score (nSPS) is 20.1. The van der Waals surface area contributed by atoms with Gasteiger partial charge in [-0.1, -0.05) is 30.3 Å². The molecule has 0 aliphatic carbocycles. The smallest absolute Gasteiger partial charge is 0.322 e. The van der Waals surface area contributed by atoms with Crippen molar-refractivity contribution in [2.75, 3.05) is 18.5 Å². The Bertz CT molecular complexity index is 690. The molecule has 1 saturated heterocycles. The van der Waals surface area contributed by atoms with E-state index in [9.17, 15) is 9.18 Å². The number of nitrogens with zero attached hydrogens (tertiary/aromatic N) is 1. The largest absolute Gasteiger partial charge is 0.322 e. The van der Waals surface area contributed by atoms with Crippen LogP contribution in [0.3, 0.4) is 0 Å². The molecule has 1 aliphatic heterocycles. The maximum absolute atomic E-state index is 13.0. The lowest BCUT2D eigenvalue weighted by molar-refractivity contribution is 0.226. The Kier molecular flexibility index (Phi) is 5.66. The average Bonchev–Trinajstić information content (AvgIpc) is 2.63. The Morgan fingerprint density at radius 1 is 1.20 bits per heavy atom. The molecule has 25 heavy (non-hydrogen) atoms. The molecule has 5 heteroatoms. The van der Waals surface area contributed by atoms with Gasteiger partial charge in [0.1, 0.15) is 5.82 Å². The summed E-state index contributed by atoms with van der Waals surface area (Å²) in [6.07, 6.45) is 2.99. The molecule has 1 fully saturated rings. The van der Waals surface area contributed by atoms with Gasteiger partial charge in [0.25, 0.3) is 0 Å². The van der Waals surface area contributed by atoms with Gasteiger partial charge in [0.05, 0.1) is 6.17 Å². The first-order valence-electron chi connectivity index (χ1n) is 8.69. The molecule has 3 rings (SSSR count). The summed E-state index contributed by atoms with van der Waals surface area (Å²) in [7, 11) is 1.69. The van der Waals surface area contributed by atoms with E-state index < -0.39 is 0 Å². The molecule has 2 aromatic rings. The van der Waals surface area contributed by atoms with Crippen LogP contribution in [-0.2, 0) is 6.42 Å². The van der Waals surface area contributed by atoms with Crippen molar-refractivity contribution in [3.8, 4) is 0 Å². The van der Waals surface area contributed by atoms with E-state index in [1.54, 1.807) is 19.2 Å². The number of halogens is 1. The minimum Gasteiger partial charge on any atom is -0.322 e. The summed E-state index contributed by atoms with van der Waals surface area (Å²) in [4.78, 5) is 13.9. The van der Waals surface area contributed by atoms with Crippen LogP contribution in [0.25, 0.3) is 0 Å². The molecular weight excluding hydrogens is 317 g/mol. The molecule has 2 N–H and O–H groups in total. The lowest BCUT2D eigenvalue weighted by Gasteiger charge is -2.32. The second-order valence-corrected chi connectivity index (χ2v) is 6.57. The number of hydrogen-bond acceptors (Lipinski definition) is 2. The van der Waals surface area contributed by atoms with Gasteiger partial charge < -0.3 is 5.32 Å². The lowest BCUT2D eigenvalue weighted by atomic mass is 9.89. The zero-order chi connectivity index (χ0) is 17.6. The number of carbonyl (C=O) groups excluding carboxylic acids is 1. The van der Waals surface area contributed by atoms with Crippen molar-refractivity contribution in [2.24, 2.45) is 5.92 Å². The molecule has 0 saturated carbocycles. The highest BCUT2D eigenvalue weighted by atomic mass is 19.1. The molecule has 0 aromatic heterocycles. The Labute approximate surface area is 148 Å². The van der Waals surface area contributed by atoms with Crippen LogP contribution in [0, 0.1) is 11.7 Å². The molecule has 2 aromatic carbocycles. The third-order valence-electron chi connectivity index (χ3n) is 4.70. The van der Waals surface area contributed by atoms with E-state index in [0.29, 0.717) is 11.6 Å². The number of hydrogen-bond donors (Lipinski definition) is 2. The van der Waals surface area contributed by atoms with Gasteiger partial charge in [-0.15, -0.1) is 0 Å². The first kappa shape index (κ1) is 17.4. The standard InChI is InChI=1S/C20H24FN3O/c1-24(18-9-7-17(21)8-10-18)20(25)23-19-14-16(11-12-22-19)13-15-5-3-2-4-6-15/h2-10,16,19,22H,11-14H2,1H3,(H,23,25)/t16-,19+/m1/s1. The molecule has 0 bridgehead atoms. The summed E-state index contributed by atoms with van der Waals surface area (Å²) in [6.45, 7) is 0.892. The molecule has 132 valence electrons. The fourth-order valence-corrected chi connectivity index (χ4v) is 3.27. The Morgan fingerprint density at radius 3 is 2.64 bits per heavy atom. The van der Waals surface area contributed by atoms with Gasteiger partial charge in [-0.25, -0.2) is 9.18 Å². The maximum atomic E-state index is 13.0. The van der Waals surface area contributed by atoms with Crippen LogP contribution in [0.15, 0.2) is 54.6 Å². The number of urea groups is 1. The van der Waals surface area contributed by atoms with Gasteiger partial charge in [0.15, 0.2) is 0 Å². The van der Waals surface area contributed by atoms with E-state index in [0.717, 1.165) is 25.8 Å². The van der Waals surface area contributed by atoms with Crippen molar-refractivity contribution in [3.05, 3.63) is 66.0 Å². The number of carbonyl (C=O) groups is 1. The van der Waals surface area contributed by atoms with E-state index >= 15 is 0 Å². The van der Waals surface area contributed by atoms with Crippen molar-refractivity contribution in [1.82, 2.24) is 10.6 Å². The SMILES string of the molecule is CN(C(=O)N[C@H]1C[C@@H](Cc2ccccc2)CCN1)c1ccc(F)cc1. The first-order chi connectivity index (χ1) is 12.1. The minimum absolute atomic E-state index is 0.0436. The topological polar surface area (TPSA) is 44.4 Å². The average molecular weight is 341 g/mol. The fourth-order valence-electron chi connectivity index (χ4n) is 3.27. The first-order valence-corrected chi connectivity index (χ1v) is 8.69. The summed E-state index contributed by atoms with van der Waals surface area (Å²) >= 11 is 0. The van der Waals surface area contributed by atoms with Crippen LogP contribution < -0.4 is 15.5 Å². The number of rotatable bonds is 4. The lowest BCUT2D eigenvalue weighted by Crippen LogP contribution is -2.53. The second kappa shape index (κ2) is 8.12. The molecule has 1 aliphatic rings. The van der Waals surface area contributed by atoms with E-state index in [-0.39, 0.29) is 18.0 Å². The number of amides is 2. The molecule has 0 unspecified atom stereocenters. The molecule has 0 radical (unpaired) electrons. The summed E-state index contributed by atoms with van der Waals surface area (Å²) in [5.41, 5.74) is 2.00. The predicted octanol–water partition coefficient (Wildman–Crippen LogP) is 3.54. The van der Waals surface area contributed by atoms with Crippen LogP contribution in [0.4, 0.5) is 14.9 Å². The third-order valence-corrected chi connectivity index (χ3v) is 4.70. The van der Waals surface area contributed by atoms with Gasteiger partial charge in [0, 0.05) is 12.7 Å². The predicted molar refractivity (Wildman–Crippen MR) is 98.0 cm³/mol. The molecule has 4 nitrogen and oxygen atoms in total. The highest BCUT2D eigenvalue weighted by Crippen LogP contribution is 2.21. The van der Waals surface area contributed by atoms with Gasteiger partial charge >= 0.3 is 6.03 Å². The fraction of sp³-hybridized carbons (Fsp3) is 0.350. The summed E-state index contributed by atoms with van der Waals surface area (Å²) in [6, 6.07) is 16.2. The quantitative estimate of drug-likeness (QED) is 0.893. The van der Waals surface area contributed by atoms with Crippen LogP contribution in [-0.4, -0.2) is 25.8 Å². The van der Waals surface area contributed by atoms with Gasteiger partial charge in [-0.05, 0) is 61.6 Å². The van der Waals surface area contributed by atoms with Crippen LogP contribution >= 0.6 is 0 Å². The van der Waals surface area contributed by atoms with Crippen LogP contribution in [0.1, 0.15) is 18.4 Å². The number of benzene rings is 2. The Morgan fingerprint density at radius 2 is 1.92 bits per heavy atom. The van der Waals surface area contributed by atoms with Crippen molar-refractivity contribution in [3.63, 3.8) is 0 Å². The van der Waals surface area contributed by atoms with Gasteiger partial charge in [-0.2, -0.15) is 0 Å². The molecular formula is C20H24FN3O. The number of piperidine rings is 1. The number of anilines is 1. The van der Waals surface area contributed by atoms with E-state index in [1.807, 2.05) is 6.07 Å². The summed E-state index contributed by atoms with van der Waals surface area (Å²) < 4.78 is 13.0.